The first-order chi connectivity index (χ1) is 7.36. The van der Waals surface area contributed by atoms with E-state index in [1.54, 1.807) is 6.20 Å². The van der Waals surface area contributed by atoms with Gasteiger partial charge in [-0.2, -0.15) is 5.10 Å². The summed E-state index contributed by atoms with van der Waals surface area (Å²) >= 11 is 0. The number of hydrogen-bond acceptors (Lipinski definition) is 2. The summed E-state index contributed by atoms with van der Waals surface area (Å²) in [5, 5.41) is 9.10. The van der Waals surface area contributed by atoms with Gasteiger partial charge in [-0.25, -0.2) is 4.98 Å². The van der Waals surface area contributed by atoms with Crippen LogP contribution in [0.25, 0.3) is 21.9 Å². The van der Waals surface area contributed by atoms with Gasteiger partial charge in [-0.3, -0.25) is 5.10 Å². The van der Waals surface area contributed by atoms with Gasteiger partial charge in [0.15, 0.2) is 5.65 Å². The van der Waals surface area contributed by atoms with Crippen LogP contribution in [0.2, 0.25) is 0 Å². The molecule has 3 nitrogen and oxygen atoms in total. The van der Waals surface area contributed by atoms with Crippen molar-refractivity contribution in [3.8, 4) is 0 Å². The van der Waals surface area contributed by atoms with Crippen molar-refractivity contribution in [3.05, 3.63) is 36.0 Å². The van der Waals surface area contributed by atoms with Crippen LogP contribution in [0.1, 0.15) is 12.5 Å². The summed E-state index contributed by atoms with van der Waals surface area (Å²) in [6.45, 7) is 2.15. The highest BCUT2D eigenvalue weighted by Crippen LogP contribution is 2.19. The zero-order valence-electron chi connectivity index (χ0n) is 8.49. The van der Waals surface area contributed by atoms with Gasteiger partial charge in [-0.15, -0.1) is 0 Å². The molecule has 0 saturated carbocycles. The van der Waals surface area contributed by atoms with Gasteiger partial charge in [0.2, 0.25) is 0 Å². The number of rotatable bonds is 1. The molecule has 0 aliphatic rings. The van der Waals surface area contributed by atoms with Crippen LogP contribution >= 0.6 is 0 Å². The molecule has 15 heavy (non-hydrogen) atoms. The lowest BCUT2D eigenvalue weighted by Gasteiger charge is -2.00. The Morgan fingerprint density at radius 3 is 3.00 bits per heavy atom. The highest BCUT2D eigenvalue weighted by atomic mass is 15.1. The molecule has 0 saturated heterocycles. The SMILES string of the molecule is CCc1ccc2cc3cn[nH]c3nc2c1. The Kier molecular flexibility index (Phi) is 1.71. The van der Waals surface area contributed by atoms with E-state index in [4.69, 9.17) is 0 Å². The maximum Gasteiger partial charge on any atom is 0.155 e. The zero-order valence-corrected chi connectivity index (χ0v) is 8.49. The van der Waals surface area contributed by atoms with E-state index < -0.39 is 0 Å². The molecule has 3 heteroatoms. The van der Waals surface area contributed by atoms with Crippen LogP contribution < -0.4 is 0 Å². The van der Waals surface area contributed by atoms with E-state index in [0.29, 0.717) is 0 Å². The van der Waals surface area contributed by atoms with E-state index in [-0.39, 0.29) is 0 Å². The quantitative estimate of drug-likeness (QED) is 0.651. The molecule has 0 unspecified atom stereocenters. The van der Waals surface area contributed by atoms with Crippen LogP contribution in [0, 0.1) is 0 Å². The number of aromatic nitrogens is 3. The molecular weight excluding hydrogens is 186 g/mol. The van der Waals surface area contributed by atoms with E-state index in [9.17, 15) is 0 Å². The zero-order chi connectivity index (χ0) is 10.3. The van der Waals surface area contributed by atoms with Crippen molar-refractivity contribution >= 4 is 21.9 Å². The average Bonchev–Trinajstić information content (AvgIpc) is 2.72. The molecule has 0 aliphatic carbocycles. The fourth-order valence-corrected chi connectivity index (χ4v) is 1.80. The molecule has 0 radical (unpaired) electrons. The standard InChI is InChI=1S/C12H11N3/c1-2-8-3-4-9-6-10-7-13-15-12(10)14-11(9)5-8/h3-7H,2H2,1H3,(H,13,14,15). The Hall–Kier alpha value is -1.90. The summed E-state index contributed by atoms with van der Waals surface area (Å²) in [5.41, 5.74) is 3.20. The van der Waals surface area contributed by atoms with Crippen molar-refractivity contribution < 1.29 is 0 Å². The van der Waals surface area contributed by atoms with Crippen LogP contribution in [0.3, 0.4) is 0 Å². The monoisotopic (exact) mass is 197 g/mol. The fourth-order valence-electron chi connectivity index (χ4n) is 1.80. The van der Waals surface area contributed by atoms with Gasteiger partial charge < -0.3 is 0 Å². The maximum atomic E-state index is 4.53. The number of H-pyrrole nitrogens is 1. The molecule has 0 bridgehead atoms. The lowest BCUT2D eigenvalue weighted by Crippen LogP contribution is -1.84. The smallest absolute Gasteiger partial charge is 0.155 e. The molecule has 74 valence electrons. The van der Waals surface area contributed by atoms with Crippen LogP contribution in [0.5, 0.6) is 0 Å². The van der Waals surface area contributed by atoms with Crippen molar-refractivity contribution in [2.45, 2.75) is 13.3 Å². The van der Waals surface area contributed by atoms with Crippen LogP contribution in [0.4, 0.5) is 0 Å². The largest absolute Gasteiger partial charge is 0.261 e. The Morgan fingerprint density at radius 2 is 2.13 bits per heavy atom. The molecule has 1 aromatic carbocycles. The van der Waals surface area contributed by atoms with E-state index in [1.807, 2.05) is 0 Å². The number of fused-ring (bicyclic) bond motifs is 2. The molecule has 2 heterocycles. The molecule has 1 N–H and O–H groups in total. The second-order valence-electron chi connectivity index (χ2n) is 3.68. The Labute approximate surface area is 87.1 Å². The third-order valence-corrected chi connectivity index (χ3v) is 2.69. The predicted octanol–water partition coefficient (Wildman–Crippen LogP) is 2.67. The number of aryl methyl sites for hydroxylation is 1. The summed E-state index contributed by atoms with van der Waals surface area (Å²) in [5.74, 6) is 0. The van der Waals surface area contributed by atoms with Gasteiger partial charge in [0.25, 0.3) is 0 Å². The van der Waals surface area contributed by atoms with E-state index >= 15 is 0 Å². The van der Waals surface area contributed by atoms with E-state index in [2.05, 4.69) is 46.4 Å². The van der Waals surface area contributed by atoms with Gasteiger partial charge >= 0.3 is 0 Å². The fraction of sp³-hybridized carbons (Fsp3) is 0.167. The maximum absolute atomic E-state index is 4.53. The second-order valence-corrected chi connectivity index (χ2v) is 3.68. The third kappa shape index (κ3) is 1.28. The number of nitrogens with zero attached hydrogens (tertiary/aromatic N) is 2. The first-order valence-electron chi connectivity index (χ1n) is 5.09. The van der Waals surface area contributed by atoms with Crippen LogP contribution in [-0.2, 0) is 6.42 Å². The summed E-state index contributed by atoms with van der Waals surface area (Å²) in [7, 11) is 0. The molecule has 0 aliphatic heterocycles. The van der Waals surface area contributed by atoms with Crippen molar-refractivity contribution in [2.75, 3.05) is 0 Å². The lowest BCUT2D eigenvalue weighted by molar-refractivity contribution is 1.10. The number of benzene rings is 1. The van der Waals surface area contributed by atoms with Crippen molar-refractivity contribution in [3.63, 3.8) is 0 Å². The van der Waals surface area contributed by atoms with E-state index in [0.717, 1.165) is 23.0 Å². The first kappa shape index (κ1) is 8.41. The summed E-state index contributed by atoms with van der Waals surface area (Å²) in [6, 6.07) is 8.51. The van der Waals surface area contributed by atoms with Crippen molar-refractivity contribution in [1.82, 2.24) is 15.2 Å². The summed E-state index contributed by atoms with van der Waals surface area (Å²) in [4.78, 5) is 4.53. The number of hydrogen-bond donors (Lipinski definition) is 1. The minimum atomic E-state index is 0.857. The second kappa shape index (κ2) is 3.05. The van der Waals surface area contributed by atoms with Gasteiger partial charge in [-0.05, 0) is 24.1 Å². The summed E-state index contributed by atoms with van der Waals surface area (Å²) in [6.07, 6.45) is 2.84. The predicted molar refractivity (Wildman–Crippen MR) is 60.8 cm³/mol. The molecule has 2 aromatic heterocycles. The summed E-state index contributed by atoms with van der Waals surface area (Å²) < 4.78 is 0. The van der Waals surface area contributed by atoms with Crippen LogP contribution in [0.15, 0.2) is 30.5 Å². The van der Waals surface area contributed by atoms with Gasteiger partial charge in [0.05, 0.1) is 11.7 Å². The Balaban J connectivity index is 2.38. The minimum absolute atomic E-state index is 0.857. The lowest BCUT2D eigenvalue weighted by atomic mass is 10.1. The number of nitrogens with one attached hydrogen (secondary N) is 1. The van der Waals surface area contributed by atoms with Gasteiger partial charge in [-0.1, -0.05) is 19.1 Å². The molecule has 3 rings (SSSR count). The Bertz CT molecular complexity index is 625. The highest BCUT2D eigenvalue weighted by Gasteiger charge is 2.01. The van der Waals surface area contributed by atoms with Crippen molar-refractivity contribution in [1.29, 1.82) is 0 Å². The topological polar surface area (TPSA) is 41.6 Å². The molecule has 0 spiro atoms. The minimum Gasteiger partial charge on any atom is -0.261 e. The third-order valence-electron chi connectivity index (χ3n) is 2.69. The first-order valence-corrected chi connectivity index (χ1v) is 5.09. The molecule has 0 fully saturated rings. The molecule has 0 amide bonds. The van der Waals surface area contributed by atoms with Crippen molar-refractivity contribution in [2.24, 2.45) is 0 Å². The Morgan fingerprint density at radius 1 is 1.20 bits per heavy atom. The molecule has 3 aromatic rings. The highest BCUT2D eigenvalue weighted by molar-refractivity contribution is 5.90. The number of pyridine rings is 1. The van der Waals surface area contributed by atoms with Gasteiger partial charge in [0.1, 0.15) is 0 Å². The number of aromatic amines is 1. The molecular formula is C12H11N3. The van der Waals surface area contributed by atoms with E-state index in [1.165, 1.54) is 10.9 Å². The normalized spacial score (nSPS) is 11.3. The van der Waals surface area contributed by atoms with Gasteiger partial charge in [0, 0.05) is 10.8 Å². The average molecular weight is 197 g/mol. The molecule has 0 atom stereocenters. The van der Waals surface area contributed by atoms with Crippen LogP contribution in [-0.4, -0.2) is 15.2 Å².